The van der Waals surface area contributed by atoms with E-state index in [9.17, 15) is 13.6 Å². The first-order valence-corrected chi connectivity index (χ1v) is 7.43. The number of benzene rings is 1. The molecule has 2 heterocycles. The van der Waals surface area contributed by atoms with Gasteiger partial charge in [-0.1, -0.05) is 22.6 Å². The van der Waals surface area contributed by atoms with Gasteiger partial charge in [-0.15, -0.1) is 6.58 Å². The molecule has 0 aliphatic heterocycles. The molecule has 8 heteroatoms. The second-order valence-electron chi connectivity index (χ2n) is 4.77. The molecule has 0 aliphatic carbocycles. The van der Waals surface area contributed by atoms with Crippen molar-refractivity contribution in [2.75, 3.05) is 0 Å². The number of aryl methyl sites for hydroxylation is 1. The number of hydrogen-bond acceptors (Lipinski definition) is 4. The molecule has 3 rings (SSSR count). The molecule has 3 aromatic rings. The van der Waals surface area contributed by atoms with Crippen molar-refractivity contribution >= 4 is 27.5 Å². The van der Waals surface area contributed by atoms with Gasteiger partial charge in [-0.3, -0.25) is 4.79 Å². The average molecular weight is 335 g/mol. The Labute approximate surface area is 133 Å². The number of hydrogen-bond donors (Lipinski definition) is 0. The number of carbonyl (C=O) groups is 1. The normalized spacial score (nSPS) is 12.0. The Morgan fingerprint density at radius 3 is 2.91 bits per heavy atom. The van der Waals surface area contributed by atoms with E-state index in [2.05, 4.69) is 16.7 Å². The predicted octanol–water partition coefficient (Wildman–Crippen LogP) is 3.20. The Bertz CT molecular complexity index is 984. The van der Waals surface area contributed by atoms with Crippen LogP contribution in [0.2, 0.25) is 0 Å². The van der Waals surface area contributed by atoms with Gasteiger partial charge in [-0.05, 0) is 13.0 Å². The zero-order valence-electron chi connectivity index (χ0n) is 12.0. The minimum absolute atomic E-state index is 0.0169. The van der Waals surface area contributed by atoms with Gasteiger partial charge < -0.3 is 9.09 Å². The SMILES string of the molecule is C=CCn1c(=NC(=O)c2cc(C)no2)sc2cc(F)cc(F)c21. The summed E-state index contributed by atoms with van der Waals surface area (Å²) in [5.74, 6) is -2.07. The van der Waals surface area contributed by atoms with E-state index in [0.717, 1.165) is 17.4 Å². The standard InChI is InChI=1S/C15H11F2N3O2S/c1-3-4-20-13-10(17)6-9(16)7-12(13)23-15(20)18-14(21)11-5-8(2)19-22-11/h3,5-7H,1,4H2,2H3. The number of halogens is 2. The van der Waals surface area contributed by atoms with Crippen molar-refractivity contribution in [3.05, 3.63) is 58.7 Å². The van der Waals surface area contributed by atoms with Crippen molar-refractivity contribution in [2.24, 2.45) is 4.99 Å². The first-order valence-electron chi connectivity index (χ1n) is 6.61. The van der Waals surface area contributed by atoms with Gasteiger partial charge >= 0.3 is 5.91 Å². The number of aromatic nitrogens is 2. The second kappa shape index (κ2) is 5.88. The predicted molar refractivity (Wildman–Crippen MR) is 81.1 cm³/mol. The molecule has 118 valence electrons. The largest absolute Gasteiger partial charge is 0.351 e. The molecule has 0 spiro atoms. The number of amides is 1. The summed E-state index contributed by atoms with van der Waals surface area (Å²) in [5.41, 5.74) is 0.726. The number of fused-ring (bicyclic) bond motifs is 1. The Morgan fingerprint density at radius 2 is 2.26 bits per heavy atom. The summed E-state index contributed by atoms with van der Waals surface area (Å²) < 4.78 is 34.1. The van der Waals surface area contributed by atoms with E-state index in [0.29, 0.717) is 10.4 Å². The van der Waals surface area contributed by atoms with Crippen molar-refractivity contribution in [3.8, 4) is 0 Å². The Morgan fingerprint density at radius 1 is 1.48 bits per heavy atom. The second-order valence-corrected chi connectivity index (χ2v) is 5.78. The minimum atomic E-state index is -0.720. The van der Waals surface area contributed by atoms with Crippen LogP contribution in [0, 0.1) is 18.6 Å². The lowest BCUT2D eigenvalue weighted by Gasteiger charge is -2.01. The van der Waals surface area contributed by atoms with Gasteiger partial charge in [0, 0.05) is 18.7 Å². The van der Waals surface area contributed by atoms with Crippen molar-refractivity contribution in [1.82, 2.24) is 9.72 Å². The number of thiazole rings is 1. The molecule has 0 atom stereocenters. The lowest BCUT2D eigenvalue weighted by atomic mass is 10.3. The lowest BCUT2D eigenvalue weighted by Crippen LogP contribution is -2.16. The van der Waals surface area contributed by atoms with Gasteiger partial charge in [0.2, 0.25) is 5.76 Å². The zero-order valence-corrected chi connectivity index (χ0v) is 12.9. The van der Waals surface area contributed by atoms with Crippen LogP contribution < -0.4 is 4.80 Å². The van der Waals surface area contributed by atoms with Crippen LogP contribution >= 0.6 is 11.3 Å². The summed E-state index contributed by atoms with van der Waals surface area (Å²) in [6, 6.07) is 3.45. The molecular weight excluding hydrogens is 324 g/mol. The molecule has 0 saturated carbocycles. The van der Waals surface area contributed by atoms with Crippen LogP contribution in [0.25, 0.3) is 10.2 Å². The number of carbonyl (C=O) groups excluding carboxylic acids is 1. The quantitative estimate of drug-likeness (QED) is 0.691. The van der Waals surface area contributed by atoms with Gasteiger partial charge in [0.25, 0.3) is 0 Å². The monoisotopic (exact) mass is 335 g/mol. The summed E-state index contributed by atoms with van der Waals surface area (Å²) in [5, 5.41) is 3.62. The van der Waals surface area contributed by atoms with E-state index >= 15 is 0 Å². The van der Waals surface area contributed by atoms with Crippen LogP contribution in [0.3, 0.4) is 0 Å². The molecule has 1 aromatic carbocycles. The van der Waals surface area contributed by atoms with E-state index in [4.69, 9.17) is 4.52 Å². The number of nitrogens with zero attached hydrogens (tertiary/aromatic N) is 3. The molecule has 5 nitrogen and oxygen atoms in total. The molecule has 0 unspecified atom stereocenters. The molecular formula is C15H11F2N3O2S. The fraction of sp³-hybridized carbons (Fsp3) is 0.133. The van der Waals surface area contributed by atoms with Gasteiger partial charge in [0.05, 0.1) is 15.9 Å². The maximum absolute atomic E-state index is 14.1. The van der Waals surface area contributed by atoms with Gasteiger partial charge in [0.1, 0.15) is 5.82 Å². The topological polar surface area (TPSA) is 60.4 Å². The zero-order chi connectivity index (χ0) is 16.6. The van der Waals surface area contributed by atoms with E-state index in [1.807, 2.05) is 0 Å². The molecule has 0 fully saturated rings. The highest BCUT2D eigenvalue weighted by molar-refractivity contribution is 7.16. The Kier molecular flexibility index (Phi) is 3.91. The number of rotatable bonds is 3. The molecule has 0 radical (unpaired) electrons. The average Bonchev–Trinajstić information content (AvgIpc) is 3.04. The first kappa shape index (κ1) is 15.3. The fourth-order valence-electron chi connectivity index (χ4n) is 2.12. The third-order valence-electron chi connectivity index (χ3n) is 3.04. The lowest BCUT2D eigenvalue weighted by molar-refractivity contribution is 0.0962. The summed E-state index contributed by atoms with van der Waals surface area (Å²) in [6.07, 6.45) is 1.54. The molecule has 0 bridgehead atoms. The Hall–Kier alpha value is -2.61. The molecule has 1 amide bonds. The molecule has 0 N–H and O–H groups in total. The number of allylic oxidation sites excluding steroid dienone is 1. The maximum Gasteiger partial charge on any atom is 0.318 e. The molecule has 23 heavy (non-hydrogen) atoms. The van der Waals surface area contributed by atoms with E-state index < -0.39 is 17.5 Å². The Balaban J connectivity index is 2.22. The minimum Gasteiger partial charge on any atom is -0.351 e. The summed E-state index contributed by atoms with van der Waals surface area (Å²) >= 11 is 1.01. The third-order valence-corrected chi connectivity index (χ3v) is 4.07. The summed E-state index contributed by atoms with van der Waals surface area (Å²) in [6.45, 7) is 5.51. The summed E-state index contributed by atoms with van der Waals surface area (Å²) in [4.78, 5) is 16.3. The van der Waals surface area contributed by atoms with Crippen LogP contribution in [-0.2, 0) is 6.54 Å². The highest BCUT2D eigenvalue weighted by Crippen LogP contribution is 2.22. The van der Waals surface area contributed by atoms with Crippen LogP contribution in [0.5, 0.6) is 0 Å². The van der Waals surface area contributed by atoms with Crippen LogP contribution in [0.15, 0.2) is 40.4 Å². The van der Waals surface area contributed by atoms with Crippen molar-refractivity contribution in [2.45, 2.75) is 13.5 Å². The molecule has 2 aromatic heterocycles. The third kappa shape index (κ3) is 2.85. The van der Waals surface area contributed by atoms with Crippen molar-refractivity contribution in [1.29, 1.82) is 0 Å². The van der Waals surface area contributed by atoms with E-state index in [-0.39, 0.29) is 22.6 Å². The molecule has 0 aliphatic rings. The van der Waals surface area contributed by atoms with Gasteiger partial charge in [-0.25, -0.2) is 8.78 Å². The smallest absolute Gasteiger partial charge is 0.318 e. The van der Waals surface area contributed by atoms with Crippen LogP contribution in [0.4, 0.5) is 8.78 Å². The maximum atomic E-state index is 14.1. The van der Waals surface area contributed by atoms with E-state index in [1.165, 1.54) is 22.8 Å². The highest BCUT2D eigenvalue weighted by atomic mass is 32.1. The van der Waals surface area contributed by atoms with Crippen LogP contribution in [0.1, 0.15) is 16.2 Å². The fourth-order valence-corrected chi connectivity index (χ4v) is 3.20. The van der Waals surface area contributed by atoms with Crippen molar-refractivity contribution in [3.63, 3.8) is 0 Å². The summed E-state index contributed by atoms with van der Waals surface area (Å²) in [7, 11) is 0. The van der Waals surface area contributed by atoms with Crippen molar-refractivity contribution < 1.29 is 18.1 Å². The first-order chi connectivity index (χ1) is 11.0. The highest BCUT2D eigenvalue weighted by Gasteiger charge is 2.15. The molecule has 0 saturated heterocycles. The van der Waals surface area contributed by atoms with E-state index in [1.54, 1.807) is 6.92 Å². The van der Waals surface area contributed by atoms with Crippen LogP contribution in [-0.4, -0.2) is 15.6 Å². The van der Waals surface area contributed by atoms with Gasteiger partial charge in [-0.2, -0.15) is 4.99 Å². The van der Waals surface area contributed by atoms with Gasteiger partial charge in [0.15, 0.2) is 10.6 Å².